The molecule has 0 saturated heterocycles. The summed E-state index contributed by atoms with van der Waals surface area (Å²) in [6, 6.07) is 0. The van der Waals surface area contributed by atoms with Crippen LogP contribution in [0.1, 0.15) is 5.56 Å². The van der Waals surface area contributed by atoms with Gasteiger partial charge in [0.25, 0.3) is 5.88 Å². The van der Waals surface area contributed by atoms with Gasteiger partial charge in [0.05, 0.1) is 15.7 Å². The first-order chi connectivity index (χ1) is 5.83. The van der Waals surface area contributed by atoms with Gasteiger partial charge in [0, 0.05) is 5.56 Å². The lowest BCUT2D eigenvalue weighted by Crippen LogP contribution is -1.84. The summed E-state index contributed by atoms with van der Waals surface area (Å²) in [7, 11) is 2.13. The highest BCUT2D eigenvalue weighted by Gasteiger charge is 2.09. The molecule has 0 spiro atoms. The Labute approximate surface area is 71.2 Å². The number of rotatable bonds is 1. The average molecular weight is 182 g/mol. The summed E-state index contributed by atoms with van der Waals surface area (Å²) in [5.74, 6) is 0.443. The number of aromatic nitrogens is 2. The van der Waals surface area contributed by atoms with Crippen LogP contribution in [0.5, 0.6) is 5.88 Å². The Morgan fingerprint density at radius 3 is 3.08 bits per heavy atom. The third-order valence-corrected chi connectivity index (χ3v) is 1.83. The summed E-state index contributed by atoms with van der Waals surface area (Å²) in [5, 5.41) is 0. The molecule has 0 aliphatic carbocycles. The molecule has 62 valence electrons. The number of furan rings is 1. The number of hydrogen-bond acceptors (Lipinski definition) is 4. The van der Waals surface area contributed by atoms with Gasteiger partial charge in [0.1, 0.15) is 11.8 Å². The van der Waals surface area contributed by atoms with Gasteiger partial charge >= 0.3 is 0 Å². The Hall–Kier alpha value is -1.15. The molecule has 2 heterocycles. The van der Waals surface area contributed by atoms with Crippen LogP contribution in [0.2, 0.25) is 0 Å². The predicted molar refractivity (Wildman–Crippen MR) is 46.9 cm³/mol. The van der Waals surface area contributed by atoms with E-state index in [0.717, 1.165) is 11.1 Å². The van der Waals surface area contributed by atoms with E-state index in [1.165, 1.54) is 6.33 Å². The van der Waals surface area contributed by atoms with Gasteiger partial charge in [-0.1, -0.05) is 0 Å². The van der Waals surface area contributed by atoms with Gasteiger partial charge in [-0.3, -0.25) is 0 Å². The Kier molecular flexibility index (Phi) is 1.70. The maximum absolute atomic E-state index is 5.21. The highest BCUT2D eigenvalue weighted by Crippen LogP contribution is 2.25. The second kappa shape index (κ2) is 2.72. The molecule has 2 aromatic heterocycles. The van der Waals surface area contributed by atoms with Gasteiger partial charge in [0.2, 0.25) is 5.58 Å². The lowest BCUT2D eigenvalue weighted by molar-refractivity contribution is 0.561. The molecular weight excluding hydrogens is 175 g/mol. The van der Waals surface area contributed by atoms with Crippen LogP contribution in [-0.4, -0.2) is 9.97 Å². The van der Waals surface area contributed by atoms with Crippen LogP contribution in [-0.2, 0) is 0 Å². The van der Waals surface area contributed by atoms with E-state index in [9.17, 15) is 0 Å². The summed E-state index contributed by atoms with van der Waals surface area (Å²) < 4.78 is 10.1. The number of aryl methyl sites for hydroxylation is 1. The highest BCUT2D eigenvalue weighted by molar-refractivity contribution is 7.10. The van der Waals surface area contributed by atoms with E-state index in [0.29, 0.717) is 11.5 Å². The first-order valence-electron chi connectivity index (χ1n) is 3.38. The highest BCUT2D eigenvalue weighted by atomic mass is 31.0. The van der Waals surface area contributed by atoms with E-state index in [1.807, 2.05) is 6.92 Å². The van der Waals surface area contributed by atoms with Crippen LogP contribution >= 0.6 is 9.47 Å². The molecule has 1 atom stereocenters. The van der Waals surface area contributed by atoms with E-state index in [4.69, 9.17) is 8.94 Å². The van der Waals surface area contributed by atoms with Crippen molar-refractivity contribution in [1.29, 1.82) is 0 Å². The van der Waals surface area contributed by atoms with E-state index in [1.54, 1.807) is 6.26 Å². The predicted octanol–water partition coefficient (Wildman–Crippen LogP) is 1.70. The van der Waals surface area contributed by atoms with E-state index in [2.05, 4.69) is 19.4 Å². The molecule has 12 heavy (non-hydrogen) atoms. The molecule has 2 rings (SSSR count). The van der Waals surface area contributed by atoms with Crippen LogP contribution in [0.3, 0.4) is 0 Å². The minimum atomic E-state index is 0.443. The largest absolute Gasteiger partial charge is 0.461 e. The smallest absolute Gasteiger partial charge is 0.263 e. The molecule has 0 saturated carbocycles. The first kappa shape index (κ1) is 7.50. The molecule has 0 amide bonds. The quantitative estimate of drug-likeness (QED) is 0.629. The zero-order valence-electron chi connectivity index (χ0n) is 6.44. The Balaban J connectivity index is 2.81. The molecule has 0 bridgehead atoms. The summed E-state index contributed by atoms with van der Waals surface area (Å²) in [4.78, 5) is 7.95. The van der Waals surface area contributed by atoms with Crippen molar-refractivity contribution in [2.24, 2.45) is 0 Å². The second-order valence-corrected chi connectivity index (χ2v) is 2.63. The Morgan fingerprint density at radius 1 is 1.50 bits per heavy atom. The van der Waals surface area contributed by atoms with Crippen LogP contribution < -0.4 is 4.52 Å². The monoisotopic (exact) mass is 182 g/mol. The molecule has 0 radical (unpaired) electrons. The summed E-state index contributed by atoms with van der Waals surface area (Å²) in [5.41, 5.74) is 2.36. The maximum atomic E-state index is 5.21. The summed E-state index contributed by atoms with van der Waals surface area (Å²) >= 11 is 0. The maximum Gasteiger partial charge on any atom is 0.263 e. The Bertz CT molecular complexity index is 413. The molecule has 1 unspecified atom stereocenters. The molecule has 0 aliphatic heterocycles. The van der Waals surface area contributed by atoms with Crippen molar-refractivity contribution < 1.29 is 8.94 Å². The zero-order chi connectivity index (χ0) is 8.55. The second-order valence-electron chi connectivity index (χ2n) is 2.39. The van der Waals surface area contributed by atoms with Gasteiger partial charge in [-0.15, -0.1) is 0 Å². The fourth-order valence-corrected chi connectivity index (χ4v) is 1.20. The summed E-state index contributed by atoms with van der Waals surface area (Å²) in [6.07, 6.45) is 3.08. The van der Waals surface area contributed by atoms with E-state index in [-0.39, 0.29) is 0 Å². The normalized spacial score (nSPS) is 10.5. The first-order valence-corrected chi connectivity index (χ1v) is 3.85. The molecule has 0 fully saturated rings. The van der Waals surface area contributed by atoms with Gasteiger partial charge < -0.3 is 8.94 Å². The van der Waals surface area contributed by atoms with Crippen molar-refractivity contribution in [1.82, 2.24) is 9.97 Å². The fourth-order valence-electron chi connectivity index (χ4n) is 1.03. The molecule has 2 aromatic rings. The van der Waals surface area contributed by atoms with Gasteiger partial charge in [-0.05, 0) is 6.92 Å². The van der Waals surface area contributed by atoms with Crippen molar-refractivity contribution in [3.8, 4) is 5.88 Å². The van der Waals surface area contributed by atoms with Gasteiger partial charge in [-0.2, -0.15) is 4.98 Å². The minimum absolute atomic E-state index is 0.443. The standard InChI is InChI=1S/C7H7N2O2P/c1-4-2-10-6-5(4)8-3-9-7(6)11-12/h2-3H,12H2,1H3. The lowest BCUT2D eigenvalue weighted by atomic mass is 10.3. The fraction of sp³-hybridized carbons (Fsp3) is 0.143. The molecule has 4 nitrogen and oxygen atoms in total. The van der Waals surface area contributed by atoms with E-state index >= 15 is 0 Å². The third-order valence-electron chi connectivity index (χ3n) is 1.61. The SMILES string of the molecule is Cc1coc2c(OP)ncnc12. The molecule has 5 heteroatoms. The van der Waals surface area contributed by atoms with E-state index < -0.39 is 0 Å². The van der Waals surface area contributed by atoms with Gasteiger partial charge in [-0.25, -0.2) is 4.98 Å². The van der Waals surface area contributed by atoms with Crippen LogP contribution in [0.4, 0.5) is 0 Å². The van der Waals surface area contributed by atoms with Crippen molar-refractivity contribution in [3.63, 3.8) is 0 Å². The molecule has 0 aromatic carbocycles. The van der Waals surface area contributed by atoms with Crippen molar-refractivity contribution in [2.75, 3.05) is 0 Å². The Morgan fingerprint density at radius 2 is 2.33 bits per heavy atom. The zero-order valence-corrected chi connectivity index (χ0v) is 7.60. The van der Waals surface area contributed by atoms with Crippen LogP contribution in [0.25, 0.3) is 11.1 Å². The lowest BCUT2D eigenvalue weighted by Gasteiger charge is -1.95. The van der Waals surface area contributed by atoms with Crippen LogP contribution in [0.15, 0.2) is 17.0 Å². The number of hydrogen-bond donors (Lipinski definition) is 0. The topological polar surface area (TPSA) is 48.2 Å². The van der Waals surface area contributed by atoms with Crippen molar-refractivity contribution >= 4 is 20.6 Å². The summed E-state index contributed by atoms with van der Waals surface area (Å²) in [6.45, 7) is 1.92. The van der Waals surface area contributed by atoms with Crippen molar-refractivity contribution in [2.45, 2.75) is 6.92 Å². The van der Waals surface area contributed by atoms with Crippen molar-refractivity contribution in [3.05, 3.63) is 18.2 Å². The third kappa shape index (κ3) is 0.959. The minimum Gasteiger partial charge on any atom is -0.461 e. The number of fused-ring (bicyclic) bond motifs is 1. The van der Waals surface area contributed by atoms with Gasteiger partial charge in [0.15, 0.2) is 0 Å². The molecular formula is C7H7N2O2P. The molecule has 0 N–H and O–H groups in total. The number of nitrogens with zero attached hydrogens (tertiary/aromatic N) is 2. The van der Waals surface area contributed by atoms with Crippen LogP contribution in [0, 0.1) is 6.92 Å². The average Bonchev–Trinajstić information content (AvgIpc) is 2.48. The molecule has 0 aliphatic rings.